The second kappa shape index (κ2) is 7.06. The highest BCUT2D eigenvalue weighted by Crippen LogP contribution is 2.18. The van der Waals surface area contributed by atoms with E-state index in [9.17, 15) is 14.0 Å². The summed E-state index contributed by atoms with van der Waals surface area (Å²) in [7, 11) is 0. The van der Waals surface area contributed by atoms with Crippen LogP contribution < -0.4 is 4.74 Å². The molecule has 1 aliphatic heterocycles. The lowest BCUT2D eigenvalue weighted by atomic mass is 10.1. The lowest BCUT2D eigenvalue weighted by molar-refractivity contribution is -0.141. The SMILES string of the molecule is O=C(O)[C@H]1CCN(C(=O)CCCOc2ccc(F)cc2)C1. The molecule has 0 unspecified atom stereocenters. The molecular weight excluding hydrogens is 277 g/mol. The van der Waals surface area contributed by atoms with Crippen LogP contribution in [0.4, 0.5) is 4.39 Å². The highest BCUT2D eigenvalue weighted by Gasteiger charge is 2.30. The van der Waals surface area contributed by atoms with Crippen molar-refractivity contribution >= 4 is 11.9 Å². The van der Waals surface area contributed by atoms with Gasteiger partial charge >= 0.3 is 5.97 Å². The Morgan fingerprint density at radius 1 is 1.33 bits per heavy atom. The summed E-state index contributed by atoms with van der Waals surface area (Å²) in [5.41, 5.74) is 0. The van der Waals surface area contributed by atoms with Gasteiger partial charge in [-0.3, -0.25) is 9.59 Å². The van der Waals surface area contributed by atoms with Crippen LogP contribution in [-0.4, -0.2) is 41.6 Å². The van der Waals surface area contributed by atoms with E-state index in [0.29, 0.717) is 44.7 Å². The van der Waals surface area contributed by atoms with Crippen LogP contribution in [0.3, 0.4) is 0 Å². The molecule has 0 saturated carbocycles. The Kier molecular flexibility index (Phi) is 5.14. The molecule has 0 bridgehead atoms. The van der Waals surface area contributed by atoms with Gasteiger partial charge in [0.25, 0.3) is 0 Å². The standard InChI is InChI=1S/C15H18FNO4/c16-12-3-5-13(6-4-12)21-9-1-2-14(18)17-8-7-11(10-17)15(19)20/h3-6,11H,1-2,7-10H2,(H,19,20)/t11-/m0/s1. The van der Waals surface area contributed by atoms with Crippen molar-refractivity contribution in [3.8, 4) is 5.75 Å². The molecule has 1 fully saturated rings. The number of hydrogen-bond donors (Lipinski definition) is 1. The van der Waals surface area contributed by atoms with Crippen LogP contribution in [-0.2, 0) is 9.59 Å². The molecule has 2 rings (SSSR count). The largest absolute Gasteiger partial charge is 0.494 e. The van der Waals surface area contributed by atoms with Crippen LogP contribution in [0, 0.1) is 11.7 Å². The van der Waals surface area contributed by atoms with Crippen molar-refractivity contribution in [2.45, 2.75) is 19.3 Å². The van der Waals surface area contributed by atoms with Gasteiger partial charge in [-0.2, -0.15) is 0 Å². The van der Waals surface area contributed by atoms with Crippen molar-refractivity contribution in [3.05, 3.63) is 30.1 Å². The smallest absolute Gasteiger partial charge is 0.308 e. The van der Waals surface area contributed by atoms with Crippen LogP contribution in [0.5, 0.6) is 5.75 Å². The fourth-order valence-electron chi connectivity index (χ4n) is 2.29. The first-order valence-corrected chi connectivity index (χ1v) is 6.95. The molecule has 6 heteroatoms. The number of carbonyl (C=O) groups is 2. The summed E-state index contributed by atoms with van der Waals surface area (Å²) < 4.78 is 18.1. The zero-order valence-corrected chi connectivity index (χ0v) is 11.6. The topological polar surface area (TPSA) is 66.8 Å². The van der Waals surface area contributed by atoms with Crippen molar-refractivity contribution in [2.75, 3.05) is 19.7 Å². The molecule has 1 N–H and O–H groups in total. The fraction of sp³-hybridized carbons (Fsp3) is 0.467. The first kappa shape index (κ1) is 15.3. The number of carboxylic acids is 1. The molecule has 1 aromatic carbocycles. The molecule has 0 aliphatic carbocycles. The summed E-state index contributed by atoms with van der Waals surface area (Å²) >= 11 is 0. The molecular formula is C15H18FNO4. The molecule has 1 aliphatic rings. The minimum absolute atomic E-state index is 0.0403. The number of nitrogens with zero attached hydrogens (tertiary/aromatic N) is 1. The van der Waals surface area contributed by atoms with E-state index in [1.807, 2.05) is 0 Å². The van der Waals surface area contributed by atoms with E-state index >= 15 is 0 Å². The summed E-state index contributed by atoms with van der Waals surface area (Å²) in [4.78, 5) is 24.3. The number of amides is 1. The maximum atomic E-state index is 12.7. The van der Waals surface area contributed by atoms with Gasteiger partial charge in [0.2, 0.25) is 5.91 Å². The first-order valence-electron chi connectivity index (χ1n) is 6.95. The Bertz CT molecular complexity index is 503. The predicted octanol–water partition coefficient (Wildman–Crippen LogP) is 1.92. The molecule has 1 atom stereocenters. The lowest BCUT2D eigenvalue weighted by Crippen LogP contribution is -2.30. The molecule has 1 aromatic rings. The van der Waals surface area contributed by atoms with Crippen molar-refractivity contribution in [1.29, 1.82) is 0 Å². The average molecular weight is 295 g/mol. The van der Waals surface area contributed by atoms with E-state index in [4.69, 9.17) is 9.84 Å². The Morgan fingerprint density at radius 2 is 2.05 bits per heavy atom. The van der Waals surface area contributed by atoms with Gasteiger partial charge in [0.15, 0.2) is 0 Å². The molecule has 0 radical (unpaired) electrons. The highest BCUT2D eigenvalue weighted by molar-refractivity contribution is 5.78. The molecule has 1 heterocycles. The van der Waals surface area contributed by atoms with Crippen molar-refractivity contribution in [1.82, 2.24) is 4.90 Å². The van der Waals surface area contributed by atoms with E-state index in [-0.39, 0.29) is 11.7 Å². The summed E-state index contributed by atoms with van der Waals surface area (Å²) in [6.45, 7) is 1.18. The molecule has 21 heavy (non-hydrogen) atoms. The molecule has 0 aromatic heterocycles. The Labute approximate surface area is 122 Å². The summed E-state index contributed by atoms with van der Waals surface area (Å²) in [5.74, 6) is -1.08. The average Bonchev–Trinajstić information content (AvgIpc) is 2.95. The van der Waals surface area contributed by atoms with Crippen LogP contribution in [0.25, 0.3) is 0 Å². The van der Waals surface area contributed by atoms with E-state index < -0.39 is 11.9 Å². The van der Waals surface area contributed by atoms with Crippen LogP contribution in [0.1, 0.15) is 19.3 Å². The fourth-order valence-corrected chi connectivity index (χ4v) is 2.29. The first-order chi connectivity index (χ1) is 10.1. The van der Waals surface area contributed by atoms with Gasteiger partial charge in [0.05, 0.1) is 12.5 Å². The highest BCUT2D eigenvalue weighted by atomic mass is 19.1. The van der Waals surface area contributed by atoms with Gasteiger partial charge in [0.1, 0.15) is 11.6 Å². The molecule has 0 spiro atoms. The number of halogens is 1. The van der Waals surface area contributed by atoms with Crippen molar-refractivity contribution < 1.29 is 23.8 Å². The van der Waals surface area contributed by atoms with E-state index in [1.54, 1.807) is 4.90 Å². The van der Waals surface area contributed by atoms with Gasteiger partial charge in [-0.15, -0.1) is 0 Å². The van der Waals surface area contributed by atoms with E-state index in [2.05, 4.69) is 0 Å². The van der Waals surface area contributed by atoms with Crippen LogP contribution in [0.2, 0.25) is 0 Å². The second-order valence-corrected chi connectivity index (χ2v) is 5.07. The summed E-state index contributed by atoms with van der Waals surface area (Å²) in [6, 6.07) is 5.71. The second-order valence-electron chi connectivity index (χ2n) is 5.07. The van der Waals surface area contributed by atoms with Gasteiger partial charge in [-0.25, -0.2) is 4.39 Å². The summed E-state index contributed by atoms with van der Waals surface area (Å²) in [5, 5.41) is 8.89. The number of carbonyl (C=O) groups excluding carboxylic acids is 1. The number of aliphatic carboxylic acids is 1. The number of likely N-dealkylation sites (tertiary alicyclic amines) is 1. The maximum Gasteiger partial charge on any atom is 0.308 e. The van der Waals surface area contributed by atoms with Gasteiger partial charge in [-0.1, -0.05) is 0 Å². The van der Waals surface area contributed by atoms with Crippen LogP contribution >= 0.6 is 0 Å². The molecule has 1 amide bonds. The van der Waals surface area contributed by atoms with E-state index in [1.165, 1.54) is 24.3 Å². The quantitative estimate of drug-likeness (QED) is 0.814. The van der Waals surface area contributed by atoms with Gasteiger partial charge in [-0.05, 0) is 37.1 Å². The maximum absolute atomic E-state index is 12.7. The Hall–Kier alpha value is -2.11. The zero-order chi connectivity index (χ0) is 15.2. The van der Waals surface area contributed by atoms with Gasteiger partial charge in [0, 0.05) is 19.5 Å². The van der Waals surface area contributed by atoms with Crippen LogP contribution in [0.15, 0.2) is 24.3 Å². The third-order valence-corrected chi connectivity index (χ3v) is 3.51. The Balaban J connectivity index is 1.66. The number of benzene rings is 1. The number of hydrogen-bond acceptors (Lipinski definition) is 3. The molecule has 1 saturated heterocycles. The van der Waals surface area contributed by atoms with E-state index in [0.717, 1.165) is 0 Å². The monoisotopic (exact) mass is 295 g/mol. The molecule has 5 nitrogen and oxygen atoms in total. The number of rotatable bonds is 6. The van der Waals surface area contributed by atoms with Crippen molar-refractivity contribution in [3.63, 3.8) is 0 Å². The third-order valence-electron chi connectivity index (χ3n) is 3.51. The predicted molar refractivity (Wildman–Crippen MR) is 73.5 cm³/mol. The number of ether oxygens (including phenoxy) is 1. The number of carboxylic acid groups (broad SMARTS) is 1. The lowest BCUT2D eigenvalue weighted by Gasteiger charge is -2.15. The Morgan fingerprint density at radius 3 is 2.67 bits per heavy atom. The zero-order valence-electron chi connectivity index (χ0n) is 11.6. The third kappa shape index (κ3) is 4.44. The minimum atomic E-state index is -0.843. The minimum Gasteiger partial charge on any atom is -0.494 e. The summed E-state index contributed by atoms with van der Waals surface area (Å²) in [6.07, 6.45) is 1.39. The molecule has 114 valence electrons. The normalized spacial score (nSPS) is 17.8. The van der Waals surface area contributed by atoms with Gasteiger partial charge < -0.3 is 14.7 Å². The van der Waals surface area contributed by atoms with Crippen molar-refractivity contribution in [2.24, 2.45) is 5.92 Å².